The van der Waals surface area contributed by atoms with E-state index in [9.17, 15) is 22.7 Å². The summed E-state index contributed by atoms with van der Waals surface area (Å²) in [7, 11) is -3.94. The van der Waals surface area contributed by atoms with Gasteiger partial charge in [-0.3, -0.25) is 4.31 Å². The highest BCUT2D eigenvalue weighted by Crippen LogP contribution is 2.25. The Kier molecular flexibility index (Phi) is 6.37. The number of nitrogens with zero attached hydrogens (tertiary/aromatic N) is 1. The minimum atomic E-state index is -3.94. The van der Waals surface area contributed by atoms with Crippen molar-refractivity contribution < 1.29 is 27.4 Å². The second-order valence-corrected chi connectivity index (χ2v) is 8.51. The van der Waals surface area contributed by atoms with E-state index < -0.39 is 27.9 Å². The molecule has 0 saturated heterocycles. The lowest BCUT2D eigenvalue weighted by atomic mass is 10.1. The van der Waals surface area contributed by atoms with Crippen LogP contribution >= 0.6 is 0 Å². The van der Waals surface area contributed by atoms with Gasteiger partial charge in [-0.25, -0.2) is 17.6 Å². The molecule has 0 aliphatic carbocycles. The van der Waals surface area contributed by atoms with E-state index in [0.29, 0.717) is 17.1 Å². The normalized spacial score (nSPS) is 12.2. The Bertz CT molecular complexity index is 1100. The van der Waals surface area contributed by atoms with Crippen LogP contribution < -0.4 is 9.04 Å². The third kappa shape index (κ3) is 5.36. The highest BCUT2D eigenvalue weighted by molar-refractivity contribution is 7.92. The van der Waals surface area contributed by atoms with E-state index in [4.69, 9.17) is 4.74 Å². The third-order valence-electron chi connectivity index (χ3n) is 4.34. The fourth-order valence-electron chi connectivity index (χ4n) is 3.00. The number of hydrogen-bond donors (Lipinski definition) is 1. The number of sulfonamides is 1. The maximum Gasteiger partial charge on any atom is 0.327 e. The van der Waals surface area contributed by atoms with Crippen LogP contribution in [-0.4, -0.2) is 31.8 Å². The lowest BCUT2D eigenvalue weighted by Gasteiger charge is -2.29. The third-order valence-corrected chi connectivity index (χ3v) is 5.52. The summed E-state index contributed by atoms with van der Waals surface area (Å²) in [6.45, 7) is 0. The maximum atomic E-state index is 13.3. The fraction of sp³-hybridized carbons (Fsp3) is 0.136. The first-order chi connectivity index (χ1) is 14.2. The topological polar surface area (TPSA) is 83.9 Å². The Hall–Kier alpha value is -3.39. The fourth-order valence-corrected chi connectivity index (χ4v) is 4.13. The molecule has 3 aromatic carbocycles. The molecule has 3 aromatic rings. The summed E-state index contributed by atoms with van der Waals surface area (Å²) in [4.78, 5) is 11.9. The largest absolute Gasteiger partial charge is 0.480 e. The number of hydrogen-bond acceptors (Lipinski definition) is 4. The van der Waals surface area contributed by atoms with Crippen molar-refractivity contribution in [3.8, 4) is 11.5 Å². The Morgan fingerprint density at radius 3 is 2.07 bits per heavy atom. The molecule has 0 radical (unpaired) electrons. The van der Waals surface area contributed by atoms with Crippen molar-refractivity contribution in [2.24, 2.45) is 0 Å². The van der Waals surface area contributed by atoms with Gasteiger partial charge < -0.3 is 9.84 Å². The first kappa shape index (κ1) is 21.3. The predicted octanol–water partition coefficient (Wildman–Crippen LogP) is 4.08. The molecule has 0 fully saturated rings. The number of benzene rings is 3. The van der Waals surface area contributed by atoms with Gasteiger partial charge in [0.15, 0.2) is 0 Å². The second kappa shape index (κ2) is 8.96. The van der Waals surface area contributed by atoms with Crippen LogP contribution in [0, 0.1) is 5.82 Å². The molecule has 0 bridgehead atoms. The van der Waals surface area contributed by atoms with Crippen molar-refractivity contribution in [1.29, 1.82) is 0 Å². The van der Waals surface area contributed by atoms with Gasteiger partial charge in [-0.05, 0) is 54.1 Å². The van der Waals surface area contributed by atoms with Gasteiger partial charge in [-0.1, -0.05) is 30.3 Å². The van der Waals surface area contributed by atoms with E-state index in [2.05, 4.69) is 0 Å². The number of anilines is 1. The Labute approximate surface area is 174 Å². The molecular weight excluding hydrogens is 409 g/mol. The van der Waals surface area contributed by atoms with E-state index in [-0.39, 0.29) is 12.1 Å². The number of halogens is 1. The highest BCUT2D eigenvalue weighted by Gasteiger charge is 2.32. The van der Waals surface area contributed by atoms with Crippen LogP contribution in [0.3, 0.4) is 0 Å². The number of carbonyl (C=O) groups is 1. The van der Waals surface area contributed by atoms with Crippen LogP contribution in [0.2, 0.25) is 0 Å². The van der Waals surface area contributed by atoms with E-state index in [1.807, 2.05) is 18.2 Å². The summed E-state index contributed by atoms with van der Waals surface area (Å²) >= 11 is 0. The number of carboxylic acids is 1. The summed E-state index contributed by atoms with van der Waals surface area (Å²) in [6.07, 6.45) is 0.842. The summed E-state index contributed by atoms with van der Waals surface area (Å²) < 4.78 is 44.5. The van der Waals surface area contributed by atoms with Crippen molar-refractivity contribution in [3.63, 3.8) is 0 Å². The van der Waals surface area contributed by atoms with Gasteiger partial charge in [-0.2, -0.15) is 0 Å². The quantitative estimate of drug-likeness (QED) is 0.583. The first-order valence-electron chi connectivity index (χ1n) is 9.03. The predicted molar refractivity (Wildman–Crippen MR) is 112 cm³/mol. The van der Waals surface area contributed by atoms with Crippen molar-refractivity contribution in [2.45, 2.75) is 12.5 Å². The SMILES string of the molecule is CS(=O)(=O)N(c1ccc(F)cc1)[C@H](Cc1ccc(Oc2ccccc2)cc1)C(=O)O. The monoisotopic (exact) mass is 429 g/mol. The highest BCUT2D eigenvalue weighted by atomic mass is 32.2. The number of ether oxygens (including phenoxy) is 1. The number of carboxylic acid groups (broad SMARTS) is 1. The maximum absolute atomic E-state index is 13.3. The summed E-state index contributed by atoms with van der Waals surface area (Å²) in [5.74, 6) is -0.633. The van der Waals surface area contributed by atoms with Crippen molar-refractivity contribution in [1.82, 2.24) is 0 Å². The molecule has 1 N–H and O–H groups in total. The van der Waals surface area contributed by atoms with Crippen LogP contribution in [0.1, 0.15) is 5.56 Å². The molecule has 0 amide bonds. The molecule has 0 unspecified atom stereocenters. The van der Waals surface area contributed by atoms with Crippen LogP contribution in [-0.2, 0) is 21.2 Å². The molecule has 0 aliphatic rings. The van der Waals surface area contributed by atoms with Crippen molar-refractivity contribution in [3.05, 3.63) is 90.2 Å². The lowest BCUT2D eigenvalue weighted by molar-refractivity contribution is -0.138. The van der Waals surface area contributed by atoms with Crippen LogP contribution in [0.15, 0.2) is 78.9 Å². The summed E-state index contributed by atoms with van der Waals surface area (Å²) in [6, 6.07) is 19.2. The van der Waals surface area contributed by atoms with E-state index in [1.54, 1.807) is 36.4 Å². The zero-order valence-electron chi connectivity index (χ0n) is 16.1. The number of rotatable bonds is 8. The van der Waals surface area contributed by atoms with E-state index in [1.165, 1.54) is 12.1 Å². The van der Waals surface area contributed by atoms with Gasteiger partial charge in [0.1, 0.15) is 23.4 Å². The summed E-state index contributed by atoms with van der Waals surface area (Å²) in [5, 5.41) is 9.73. The zero-order valence-corrected chi connectivity index (χ0v) is 16.9. The van der Waals surface area contributed by atoms with Gasteiger partial charge in [0.05, 0.1) is 11.9 Å². The average Bonchev–Trinajstić information content (AvgIpc) is 2.70. The molecule has 0 aromatic heterocycles. The standard InChI is InChI=1S/C22H20FNO5S/c1-30(27,28)24(18-11-9-17(23)10-12-18)21(22(25)26)15-16-7-13-20(14-8-16)29-19-5-3-2-4-6-19/h2-14,21H,15H2,1H3,(H,25,26)/t21-/m1/s1. The molecule has 156 valence electrons. The Morgan fingerprint density at radius 1 is 0.967 bits per heavy atom. The molecule has 30 heavy (non-hydrogen) atoms. The van der Waals surface area contributed by atoms with Gasteiger partial charge in [0.2, 0.25) is 10.0 Å². The Balaban J connectivity index is 1.85. The van der Waals surface area contributed by atoms with Gasteiger partial charge >= 0.3 is 5.97 Å². The van der Waals surface area contributed by atoms with Gasteiger partial charge in [0.25, 0.3) is 0 Å². The minimum absolute atomic E-state index is 0.0780. The smallest absolute Gasteiger partial charge is 0.327 e. The van der Waals surface area contributed by atoms with Crippen LogP contribution in [0.5, 0.6) is 11.5 Å². The lowest BCUT2D eigenvalue weighted by Crippen LogP contribution is -2.46. The second-order valence-electron chi connectivity index (χ2n) is 6.65. The van der Waals surface area contributed by atoms with Crippen molar-refractivity contribution in [2.75, 3.05) is 10.6 Å². The molecule has 0 aliphatic heterocycles. The van der Waals surface area contributed by atoms with Crippen LogP contribution in [0.4, 0.5) is 10.1 Å². The first-order valence-corrected chi connectivity index (χ1v) is 10.9. The Morgan fingerprint density at radius 2 is 1.53 bits per heavy atom. The van der Waals surface area contributed by atoms with Crippen molar-refractivity contribution >= 4 is 21.7 Å². The molecule has 3 rings (SSSR count). The zero-order chi connectivity index (χ0) is 21.7. The van der Waals surface area contributed by atoms with Crippen LogP contribution in [0.25, 0.3) is 0 Å². The minimum Gasteiger partial charge on any atom is -0.480 e. The average molecular weight is 429 g/mol. The molecule has 0 heterocycles. The van der Waals surface area contributed by atoms with E-state index >= 15 is 0 Å². The van der Waals surface area contributed by atoms with E-state index in [0.717, 1.165) is 22.7 Å². The molecule has 6 nitrogen and oxygen atoms in total. The number of aliphatic carboxylic acids is 1. The molecule has 0 spiro atoms. The number of para-hydroxylation sites is 1. The van der Waals surface area contributed by atoms with Gasteiger partial charge in [0, 0.05) is 6.42 Å². The summed E-state index contributed by atoms with van der Waals surface area (Å²) in [5.41, 5.74) is 0.689. The molecule has 0 saturated carbocycles. The van der Waals surface area contributed by atoms with Gasteiger partial charge in [-0.15, -0.1) is 0 Å². The molecule has 1 atom stereocenters. The molecular formula is C22H20FNO5S. The molecule has 8 heteroatoms.